The van der Waals surface area contributed by atoms with Crippen LogP contribution in [0.25, 0.3) is 0 Å². The van der Waals surface area contributed by atoms with Crippen molar-refractivity contribution < 1.29 is 17.9 Å². The number of ether oxygens (including phenoxy) is 1. The minimum atomic E-state index is -4.84. The van der Waals surface area contributed by atoms with E-state index in [0.29, 0.717) is 0 Å². The molecule has 0 aromatic heterocycles. The monoisotopic (exact) mass is 278 g/mol. The van der Waals surface area contributed by atoms with Gasteiger partial charge in [-0.2, -0.15) is 15.8 Å². The van der Waals surface area contributed by atoms with Gasteiger partial charge in [0, 0.05) is 11.8 Å². The number of hydrogen-bond acceptors (Lipinski definition) is 5. The number of hydrogen-bond donors (Lipinski definition) is 1. The molecule has 0 amide bonds. The van der Waals surface area contributed by atoms with E-state index >= 15 is 0 Å². The Morgan fingerprint density at radius 3 is 2.25 bits per heavy atom. The van der Waals surface area contributed by atoms with Crippen molar-refractivity contribution in [2.45, 2.75) is 6.36 Å². The highest BCUT2D eigenvalue weighted by Gasteiger charge is 2.31. The summed E-state index contributed by atoms with van der Waals surface area (Å²) in [7, 11) is 0. The molecule has 0 spiro atoms. The Kier molecular flexibility index (Phi) is 4.56. The van der Waals surface area contributed by atoms with Crippen LogP contribution in [0.3, 0.4) is 0 Å². The van der Waals surface area contributed by atoms with Gasteiger partial charge in [0.1, 0.15) is 29.7 Å². The van der Waals surface area contributed by atoms with Crippen LogP contribution in [0.2, 0.25) is 0 Å². The molecule has 0 atom stereocenters. The minimum Gasteiger partial charge on any atom is -0.406 e. The largest absolute Gasteiger partial charge is 0.573 e. The maximum Gasteiger partial charge on any atom is 0.573 e. The number of allylic oxidation sites excluding steroid dienone is 2. The SMILES string of the molecule is N#CC(C#N)=C(C#N)Nc1cccc(OC(F)(F)F)c1. The molecule has 0 heterocycles. The Morgan fingerprint density at radius 2 is 1.75 bits per heavy atom. The van der Waals surface area contributed by atoms with Gasteiger partial charge in [-0.3, -0.25) is 0 Å². The fourth-order valence-electron chi connectivity index (χ4n) is 1.20. The van der Waals surface area contributed by atoms with Crippen molar-refractivity contribution in [3.8, 4) is 24.0 Å². The maximum atomic E-state index is 12.0. The Hall–Kier alpha value is -3.18. The quantitative estimate of drug-likeness (QED) is 0.858. The number of rotatable bonds is 3. The van der Waals surface area contributed by atoms with Crippen molar-refractivity contribution in [1.29, 1.82) is 15.8 Å². The third-order valence-corrected chi connectivity index (χ3v) is 1.92. The highest BCUT2D eigenvalue weighted by molar-refractivity contribution is 5.59. The van der Waals surface area contributed by atoms with E-state index < -0.39 is 17.7 Å². The molecule has 0 aliphatic heterocycles. The van der Waals surface area contributed by atoms with Crippen molar-refractivity contribution in [3.05, 3.63) is 35.5 Å². The third kappa shape index (κ3) is 4.25. The summed E-state index contributed by atoms with van der Waals surface area (Å²) in [6, 6.07) is 9.25. The van der Waals surface area contributed by atoms with Gasteiger partial charge in [0.25, 0.3) is 0 Å². The molecule has 1 aromatic carbocycles. The lowest BCUT2D eigenvalue weighted by Crippen LogP contribution is -2.17. The molecular formula is C12H5F3N4O. The lowest BCUT2D eigenvalue weighted by Gasteiger charge is -2.10. The molecule has 0 unspecified atom stereocenters. The van der Waals surface area contributed by atoms with Crippen molar-refractivity contribution in [2.75, 3.05) is 5.32 Å². The lowest BCUT2D eigenvalue weighted by molar-refractivity contribution is -0.274. The van der Waals surface area contributed by atoms with Crippen molar-refractivity contribution in [3.63, 3.8) is 0 Å². The second-order valence-corrected chi connectivity index (χ2v) is 3.29. The molecule has 100 valence electrons. The molecule has 1 N–H and O–H groups in total. The first-order chi connectivity index (χ1) is 9.39. The summed E-state index contributed by atoms with van der Waals surface area (Å²) in [6.45, 7) is 0. The summed E-state index contributed by atoms with van der Waals surface area (Å²) in [4.78, 5) is 0. The Balaban J connectivity index is 3.04. The van der Waals surface area contributed by atoms with E-state index in [4.69, 9.17) is 15.8 Å². The normalized spacial score (nSPS) is 9.60. The van der Waals surface area contributed by atoms with Gasteiger partial charge in [-0.1, -0.05) is 6.07 Å². The predicted molar refractivity (Wildman–Crippen MR) is 60.6 cm³/mol. The van der Waals surface area contributed by atoms with E-state index in [0.717, 1.165) is 12.1 Å². The highest BCUT2D eigenvalue weighted by Crippen LogP contribution is 2.25. The topological polar surface area (TPSA) is 92.6 Å². The molecule has 0 aliphatic rings. The Bertz CT molecular complexity index is 643. The summed E-state index contributed by atoms with van der Waals surface area (Å²) in [5, 5.41) is 28.4. The summed E-state index contributed by atoms with van der Waals surface area (Å²) < 4.78 is 39.8. The molecule has 1 aromatic rings. The molecule has 1 rings (SSSR count). The molecule has 0 radical (unpaired) electrons. The van der Waals surface area contributed by atoms with Gasteiger partial charge in [-0.15, -0.1) is 13.2 Å². The number of nitrogens with zero attached hydrogens (tertiary/aromatic N) is 3. The fourth-order valence-corrected chi connectivity index (χ4v) is 1.20. The van der Waals surface area contributed by atoms with Crippen LogP contribution in [0.15, 0.2) is 35.5 Å². The molecule has 0 fully saturated rings. The van der Waals surface area contributed by atoms with Gasteiger partial charge in [0.05, 0.1) is 0 Å². The number of nitriles is 3. The third-order valence-electron chi connectivity index (χ3n) is 1.92. The first kappa shape index (κ1) is 14.9. The molecule has 0 aliphatic carbocycles. The average molecular weight is 278 g/mol. The van der Waals surface area contributed by atoms with Gasteiger partial charge < -0.3 is 10.1 Å². The summed E-state index contributed by atoms with van der Waals surface area (Å²) >= 11 is 0. The van der Waals surface area contributed by atoms with E-state index in [2.05, 4.69) is 10.1 Å². The maximum absolute atomic E-state index is 12.0. The van der Waals surface area contributed by atoms with Crippen molar-refractivity contribution in [1.82, 2.24) is 0 Å². The summed E-state index contributed by atoms with van der Waals surface area (Å²) in [5.41, 5.74) is -0.764. The Morgan fingerprint density at radius 1 is 1.10 bits per heavy atom. The second-order valence-electron chi connectivity index (χ2n) is 3.29. The van der Waals surface area contributed by atoms with Crippen LogP contribution in [0.5, 0.6) is 5.75 Å². The molecule has 8 heteroatoms. The first-order valence-electron chi connectivity index (χ1n) is 4.97. The molecule has 0 bridgehead atoms. The van der Waals surface area contributed by atoms with Gasteiger partial charge >= 0.3 is 6.36 Å². The number of halogens is 3. The first-order valence-corrected chi connectivity index (χ1v) is 4.97. The molecule has 0 saturated heterocycles. The zero-order valence-corrected chi connectivity index (χ0v) is 9.69. The van der Waals surface area contributed by atoms with Crippen LogP contribution in [0, 0.1) is 34.0 Å². The van der Waals surface area contributed by atoms with Gasteiger partial charge in [-0.05, 0) is 12.1 Å². The predicted octanol–water partition coefficient (Wildman–Crippen LogP) is 2.82. The molecule has 5 nitrogen and oxygen atoms in total. The standard InChI is InChI=1S/C12H5F3N4O/c13-12(14,15)20-10-3-1-2-9(4-10)19-11(7-18)8(5-16)6-17/h1-4,19H. The van der Waals surface area contributed by atoms with E-state index in [9.17, 15) is 13.2 Å². The highest BCUT2D eigenvalue weighted by atomic mass is 19.4. The second kappa shape index (κ2) is 6.12. The average Bonchev–Trinajstić information content (AvgIpc) is 2.37. The van der Waals surface area contributed by atoms with Crippen LogP contribution >= 0.6 is 0 Å². The molecular weight excluding hydrogens is 273 g/mol. The van der Waals surface area contributed by atoms with Crippen molar-refractivity contribution in [2.24, 2.45) is 0 Å². The van der Waals surface area contributed by atoms with Crippen LogP contribution in [0.1, 0.15) is 0 Å². The van der Waals surface area contributed by atoms with Gasteiger partial charge in [0.2, 0.25) is 0 Å². The van der Waals surface area contributed by atoms with E-state index in [1.165, 1.54) is 24.3 Å². The number of benzene rings is 1. The lowest BCUT2D eigenvalue weighted by atomic mass is 10.2. The summed E-state index contributed by atoms with van der Waals surface area (Å²) in [5.74, 6) is -0.491. The van der Waals surface area contributed by atoms with Crippen LogP contribution < -0.4 is 10.1 Å². The van der Waals surface area contributed by atoms with Crippen LogP contribution in [-0.4, -0.2) is 6.36 Å². The number of nitrogens with one attached hydrogen (secondary N) is 1. The molecule has 20 heavy (non-hydrogen) atoms. The number of alkyl halides is 3. The van der Waals surface area contributed by atoms with E-state index in [-0.39, 0.29) is 11.4 Å². The minimum absolute atomic E-state index is 0.0753. The zero-order chi connectivity index (χ0) is 15.2. The smallest absolute Gasteiger partial charge is 0.406 e. The van der Waals surface area contributed by atoms with E-state index in [1.54, 1.807) is 6.07 Å². The van der Waals surface area contributed by atoms with Gasteiger partial charge in [-0.25, -0.2) is 0 Å². The zero-order valence-electron chi connectivity index (χ0n) is 9.69. The van der Waals surface area contributed by atoms with Gasteiger partial charge in [0.15, 0.2) is 5.57 Å². The summed E-state index contributed by atoms with van der Waals surface area (Å²) in [6.07, 6.45) is -4.84. The van der Waals surface area contributed by atoms with E-state index in [1.807, 2.05) is 0 Å². The van der Waals surface area contributed by atoms with Crippen molar-refractivity contribution >= 4 is 5.69 Å². The number of anilines is 1. The van der Waals surface area contributed by atoms with Crippen LogP contribution in [-0.2, 0) is 0 Å². The fraction of sp³-hybridized carbons (Fsp3) is 0.0833. The Labute approximate surface area is 111 Å². The van der Waals surface area contributed by atoms with Crippen LogP contribution in [0.4, 0.5) is 18.9 Å². The molecule has 0 saturated carbocycles.